The zero-order valence-electron chi connectivity index (χ0n) is 16.4. The molecule has 3 heterocycles. The number of amides is 1. The summed E-state index contributed by atoms with van der Waals surface area (Å²) in [7, 11) is 0. The monoisotopic (exact) mass is 450 g/mol. The van der Waals surface area contributed by atoms with Crippen LogP contribution in [-0.2, 0) is 11.3 Å². The molecule has 0 unspecified atom stereocenters. The first-order chi connectivity index (χ1) is 15.3. The van der Waals surface area contributed by atoms with Gasteiger partial charge in [-0.1, -0.05) is 48.2 Å². The minimum Gasteiger partial charge on any atom is -0.454 e. The largest absolute Gasteiger partial charge is 0.454 e. The lowest BCUT2D eigenvalue weighted by molar-refractivity contribution is -0.113. The van der Waals surface area contributed by atoms with Crippen LogP contribution >= 0.6 is 23.1 Å². The number of thiophene rings is 1. The molecule has 156 valence electrons. The fourth-order valence-corrected chi connectivity index (χ4v) is 4.65. The molecule has 0 aliphatic carbocycles. The third-order valence-corrected chi connectivity index (χ3v) is 6.46. The van der Waals surface area contributed by atoms with Crippen molar-refractivity contribution < 1.29 is 14.3 Å². The van der Waals surface area contributed by atoms with Crippen LogP contribution in [0.3, 0.4) is 0 Å². The molecule has 0 atom stereocenters. The number of anilines is 1. The van der Waals surface area contributed by atoms with Crippen LogP contribution < -0.4 is 14.8 Å². The van der Waals surface area contributed by atoms with Crippen LogP contribution in [0.1, 0.15) is 5.56 Å². The Morgan fingerprint density at radius 1 is 1.06 bits per heavy atom. The van der Waals surface area contributed by atoms with E-state index in [1.54, 1.807) is 29.5 Å². The molecular weight excluding hydrogens is 432 g/mol. The lowest BCUT2D eigenvalue weighted by atomic mass is 10.2. The molecule has 0 saturated carbocycles. The minimum atomic E-state index is -0.129. The van der Waals surface area contributed by atoms with Crippen LogP contribution in [0.25, 0.3) is 10.7 Å². The van der Waals surface area contributed by atoms with Crippen molar-refractivity contribution in [2.45, 2.75) is 11.7 Å². The molecule has 4 aromatic rings. The van der Waals surface area contributed by atoms with E-state index in [-0.39, 0.29) is 18.5 Å². The number of nitrogens with one attached hydrogen (secondary N) is 1. The summed E-state index contributed by atoms with van der Waals surface area (Å²) in [6.45, 7) is 0.833. The quantitative estimate of drug-likeness (QED) is 0.417. The summed E-state index contributed by atoms with van der Waals surface area (Å²) >= 11 is 2.98. The Morgan fingerprint density at radius 3 is 2.77 bits per heavy atom. The number of carbonyl (C=O) groups is 1. The lowest BCUT2D eigenvalue weighted by Gasteiger charge is -2.10. The molecule has 1 N–H and O–H groups in total. The Balaban J connectivity index is 1.31. The van der Waals surface area contributed by atoms with E-state index in [0.29, 0.717) is 28.9 Å². The second-order valence-corrected chi connectivity index (χ2v) is 8.65. The second-order valence-electron chi connectivity index (χ2n) is 6.76. The maximum Gasteiger partial charge on any atom is 0.234 e. The van der Waals surface area contributed by atoms with Crippen molar-refractivity contribution in [1.29, 1.82) is 0 Å². The fraction of sp³-hybridized carbons (Fsp3) is 0.136. The Labute approximate surface area is 187 Å². The number of ether oxygens (including phenoxy) is 2. The van der Waals surface area contributed by atoms with Gasteiger partial charge in [0.15, 0.2) is 22.5 Å². The number of thioether (sulfide) groups is 1. The Bertz CT molecular complexity index is 1190. The van der Waals surface area contributed by atoms with E-state index in [2.05, 4.69) is 32.2 Å². The average molecular weight is 451 g/mol. The van der Waals surface area contributed by atoms with E-state index in [1.165, 1.54) is 11.8 Å². The number of benzene rings is 2. The first kappa shape index (κ1) is 19.7. The van der Waals surface area contributed by atoms with Gasteiger partial charge < -0.3 is 14.8 Å². The molecule has 31 heavy (non-hydrogen) atoms. The summed E-state index contributed by atoms with van der Waals surface area (Å²) < 4.78 is 12.7. The highest BCUT2D eigenvalue weighted by Crippen LogP contribution is 2.34. The predicted octanol–water partition coefficient (Wildman–Crippen LogP) is 4.51. The zero-order valence-corrected chi connectivity index (χ0v) is 18.0. The predicted molar refractivity (Wildman–Crippen MR) is 121 cm³/mol. The van der Waals surface area contributed by atoms with Crippen LogP contribution in [0.5, 0.6) is 11.5 Å². The molecule has 9 heteroatoms. The lowest BCUT2D eigenvalue weighted by Crippen LogP contribution is -2.14. The number of aromatic nitrogens is 3. The normalized spacial score (nSPS) is 12.1. The third-order valence-electron chi connectivity index (χ3n) is 4.63. The van der Waals surface area contributed by atoms with Gasteiger partial charge in [-0.15, -0.1) is 21.5 Å². The van der Waals surface area contributed by atoms with Gasteiger partial charge in [0, 0.05) is 11.8 Å². The summed E-state index contributed by atoms with van der Waals surface area (Å²) in [5.74, 6) is 2.20. The van der Waals surface area contributed by atoms with Crippen LogP contribution in [0.2, 0.25) is 0 Å². The van der Waals surface area contributed by atoms with Crippen molar-refractivity contribution in [3.63, 3.8) is 0 Å². The van der Waals surface area contributed by atoms with E-state index >= 15 is 0 Å². The number of nitrogens with zero attached hydrogens (tertiary/aromatic N) is 3. The van der Waals surface area contributed by atoms with Crippen LogP contribution in [0.15, 0.2) is 71.2 Å². The number of hydrogen-bond acceptors (Lipinski definition) is 7. The van der Waals surface area contributed by atoms with Crippen molar-refractivity contribution >= 4 is 34.7 Å². The fourth-order valence-electron chi connectivity index (χ4n) is 3.19. The van der Waals surface area contributed by atoms with E-state index in [4.69, 9.17) is 9.47 Å². The molecular formula is C22H18N4O3S2. The molecule has 0 spiro atoms. The SMILES string of the molecule is O=C(CSc1nnc(-c2cccs2)n1Cc1ccccc1)Nc1ccc2c(c1)OCO2. The van der Waals surface area contributed by atoms with Crippen molar-refractivity contribution in [1.82, 2.24) is 14.8 Å². The van der Waals surface area contributed by atoms with Gasteiger partial charge in [-0.05, 0) is 29.1 Å². The zero-order chi connectivity index (χ0) is 21.0. The molecule has 0 radical (unpaired) electrons. The third kappa shape index (κ3) is 4.42. The molecule has 2 aromatic heterocycles. The molecule has 1 aliphatic rings. The van der Waals surface area contributed by atoms with Crippen molar-refractivity contribution in [2.24, 2.45) is 0 Å². The van der Waals surface area contributed by atoms with E-state index in [1.807, 2.05) is 35.7 Å². The first-order valence-corrected chi connectivity index (χ1v) is 11.5. The standard InChI is InChI=1S/C22H18N4O3S2/c27-20(23-16-8-9-17-18(11-16)29-14-28-17)13-31-22-25-24-21(19-7-4-10-30-19)26(22)12-15-5-2-1-3-6-15/h1-11H,12-14H2,(H,23,27). The topological polar surface area (TPSA) is 78.3 Å². The smallest absolute Gasteiger partial charge is 0.234 e. The summed E-state index contributed by atoms with van der Waals surface area (Å²) in [5.41, 5.74) is 1.81. The van der Waals surface area contributed by atoms with Gasteiger partial charge in [0.1, 0.15) is 0 Å². The average Bonchev–Trinajstić information content (AvgIpc) is 3.54. The van der Waals surface area contributed by atoms with Crippen molar-refractivity contribution in [3.8, 4) is 22.2 Å². The van der Waals surface area contributed by atoms with Gasteiger partial charge in [-0.3, -0.25) is 9.36 Å². The maximum atomic E-state index is 12.5. The Kier molecular flexibility index (Phi) is 5.59. The molecule has 7 nitrogen and oxygen atoms in total. The highest BCUT2D eigenvalue weighted by atomic mass is 32.2. The summed E-state index contributed by atoms with van der Waals surface area (Å²) in [4.78, 5) is 13.6. The van der Waals surface area contributed by atoms with Gasteiger partial charge in [0.25, 0.3) is 0 Å². The number of carbonyl (C=O) groups excluding carboxylic acids is 1. The maximum absolute atomic E-state index is 12.5. The van der Waals surface area contributed by atoms with E-state index in [9.17, 15) is 4.79 Å². The van der Waals surface area contributed by atoms with Gasteiger partial charge in [-0.2, -0.15) is 0 Å². The Hall–Kier alpha value is -3.30. The molecule has 0 saturated heterocycles. The molecule has 0 bridgehead atoms. The minimum absolute atomic E-state index is 0.129. The molecule has 5 rings (SSSR count). The van der Waals surface area contributed by atoms with Gasteiger partial charge in [0.05, 0.1) is 17.2 Å². The summed E-state index contributed by atoms with van der Waals surface area (Å²) in [6, 6.07) is 19.5. The molecule has 2 aromatic carbocycles. The highest BCUT2D eigenvalue weighted by Gasteiger charge is 2.18. The Morgan fingerprint density at radius 2 is 1.94 bits per heavy atom. The first-order valence-electron chi connectivity index (χ1n) is 9.59. The van der Waals surface area contributed by atoms with E-state index in [0.717, 1.165) is 16.3 Å². The van der Waals surface area contributed by atoms with Gasteiger partial charge in [-0.25, -0.2) is 0 Å². The second kappa shape index (κ2) is 8.83. The molecule has 1 aliphatic heterocycles. The number of rotatable bonds is 7. The van der Waals surface area contributed by atoms with Crippen molar-refractivity contribution in [3.05, 3.63) is 71.6 Å². The van der Waals surface area contributed by atoms with Gasteiger partial charge in [0.2, 0.25) is 12.7 Å². The summed E-state index contributed by atoms with van der Waals surface area (Å²) in [6.07, 6.45) is 0. The molecule has 1 amide bonds. The molecule has 0 fully saturated rings. The van der Waals surface area contributed by atoms with Crippen LogP contribution in [-0.4, -0.2) is 33.2 Å². The highest BCUT2D eigenvalue weighted by molar-refractivity contribution is 7.99. The van der Waals surface area contributed by atoms with E-state index < -0.39 is 0 Å². The number of hydrogen-bond donors (Lipinski definition) is 1. The van der Waals surface area contributed by atoms with Crippen LogP contribution in [0.4, 0.5) is 5.69 Å². The number of fused-ring (bicyclic) bond motifs is 1. The van der Waals surface area contributed by atoms with Crippen LogP contribution in [0, 0.1) is 0 Å². The van der Waals surface area contributed by atoms with Gasteiger partial charge >= 0.3 is 0 Å². The van der Waals surface area contributed by atoms with Crippen molar-refractivity contribution in [2.75, 3.05) is 17.9 Å². The summed E-state index contributed by atoms with van der Waals surface area (Å²) in [5, 5.41) is 14.4.